The largest absolute Gasteiger partial charge is 0.467 e. The van der Waals surface area contributed by atoms with Crippen molar-refractivity contribution in [2.75, 3.05) is 18.6 Å². The molecule has 2 rings (SSSR count). The highest BCUT2D eigenvalue weighted by atomic mass is 32.1. The van der Waals surface area contributed by atoms with Crippen LogP contribution in [0, 0.1) is 0 Å². The summed E-state index contributed by atoms with van der Waals surface area (Å²) in [7, 11) is 1.41. The first-order valence-electron chi connectivity index (χ1n) is 5.74. The topological polar surface area (TPSA) is 68.5 Å². The van der Waals surface area contributed by atoms with Gasteiger partial charge in [0.15, 0.2) is 0 Å². The molecule has 1 aliphatic rings. The van der Waals surface area contributed by atoms with Crippen LogP contribution in [0.5, 0.6) is 0 Å². The molecular weight excluding hydrogens is 250 g/mol. The summed E-state index contributed by atoms with van der Waals surface area (Å²) in [5.41, 5.74) is 7.03. The first-order chi connectivity index (χ1) is 8.63. The SMILES string of the molecule is COC(=O)C1CCCN1c1ccnc(C(N)=S)c1. The number of aromatic nitrogens is 1. The second kappa shape index (κ2) is 5.30. The molecule has 2 heterocycles. The van der Waals surface area contributed by atoms with Crippen LogP contribution < -0.4 is 10.6 Å². The minimum atomic E-state index is -0.225. The van der Waals surface area contributed by atoms with E-state index in [4.69, 9.17) is 22.7 Å². The Morgan fingerprint density at radius 2 is 2.44 bits per heavy atom. The van der Waals surface area contributed by atoms with Crippen molar-refractivity contribution in [1.29, 1.82) is 0 Å². The Morgan fingerprint density at radius 1 is 1.67 bits per heavy atom. The van der Waals surface area contributed by atoms with Gasteiger partial charge < -0.3 is 15.4 Å². The predicted molar refractivity (Wildman–Crippen MR) is 72.5 cm³/mol. The van der Waals surface area contributed by atoms with E-state index in [9.17, 15) is 4.79 Å². The van der Waals surface area contributed by atoms with E-state index in [-0.39, 0.29) is 17.0 Å². The average molecular weight is 265 g/mol. The third-order valence-corrected chi connectivity index (χ3v) is 3.26. The highest BCUT2D eigenvalue weighted by molar-refractivity contribution is 7.80. The average Bonchev–Trinajstić information content (AvgIpc) is 2.87. The Labute approximate surface area is 111 Å². The molecule has 1 fully saturated rings. The zero-order valence-corrected chi connectivity index (χ0v) is 10.9. The first-order valence-corrected chi connectivity index (χ1v) is 6.14. The Bertz CT molecular complexity index is 478. The fourth-order valence-electron chi connectivity index (χ4n) is 2.19. The number of carbonyl (C=O) groups excluding carboxylic acids is 1. The molecule has 1 aromatic heterocycles. The quantitative estimate of drug-likeness (QED) is 0.645. The van der Waals surface area contributed by atoms with Crippen molar-refractivity contribution in [1.82, 2.24) is 4.98 Å². The number of anilines is 1. The van der Waals surface area contributed by atoms with Gasteiger partial charge in [0.05, 0.1) is 12.8 Å². The number of ether oxygens (including phenoxy) is 1. The van der Waals surface area contributed by atoms with E-state index in [1.807, 2.05) is 17.0 Å². The van der Waals surface area contributed by atoms with Crippen LogP contribution in [0.15, 0.2) is 18.3 Å². The van der Waals surface area contributed by atoms with Crippen LogP contribution >= 0.6 is 12.2 Å². The Kier molecular flexibility index (Phi) is 3.76. The molecule has 1 saturated heterocycles. The van der Waals surface area contributed by atoms with E-state index in [0.29, 0.717) is 5.69 Å². The van der Waals surface area contributed by atoms with Crippen LogP contribution in [-0.4, -0.2) is 35.6 Å². The van der Waals surface area contributed by atoms with Gasteiger partial charge in [-0.2, -0.15) is 0 Å². The van der Waals surface area contributed by atoms with E-state index in [0.717, 1.165) is 25.1 Å². The zero-order chi connectivity index (χ0) is 13.1. The summed E-state index contributed by atoms with van der Waals surface area (Å²) in [6.45, 7) is 0.820. The van der Waals surface area contributed by atoms with Gasteiger partial charge in [-0.25, -0.2) is 4.79 Å². The number of pyridine rings is 1. The van der Waals surface area contributed by atoms with Crippen molar-refractivity contribution in [3.05, 3.63) is 24.0 Å². The van der Waals surface area contributed by atoms with Crippen LogP contribution in [0.25, 0.3) is 0 Å². The lowest BCUT2D eigenvalue weighted by atomic mass is 10.2. The molecule has 0 radical (unpaired) electrons. The van der Waals surface area contributed by atoms with E-state index < -0.39 is 0 Å². The van der Waals surface area contributed by atoms with E-state index in [1.54, 1.807) is 6.20 Å². The van der Waals surface area contributed by atoms with Gasteiger partial charge in [0.1, 0.15) is 11.0 Å². The molecule has 0 saturated carbocycles. The number of carbonyl (C=O) groups is 1. The highest BCUT2D eigenvalue weighted by Crippen LogP contribution is 2.26. The smallest absolute Gasteiger partial charge is 0.328 e. The predicted octanol–water partition coefficient (Wildman–Crippen LogP) is 0.858. The summed E-state index contributed by atoms with van der Waals surface area (Å²) in [6, 6.07) is 3.43. The standard InChI is InChI=1S/C12H15N3O2S/c1-17-12(16)10-3-2-6-15(10)8-4-5-14-9(7-8)11(13)18/h4-5,7,10H,2-3,6H2,1H3,(H2,13,18). The second-order valence-corrected chi connectivity index (χ2v) is 4.58. The molecule has 1 aliphatic heterocycles. The molecule has 0 aliphatic carbocycles. The molecule has 0 aromatic carbocycles. The zero-order valence-electron chi connectivity index (χ0n) is 10.1. The fourth-order valence-corrected chi connectivity index (χ4v) is 2.30. The van der Waals surface area contributed by atoms with Crippen LogP contribution in [-0.2, 0) is 9.53 Å². The van der Waals surface area contributed by atoms with Crippen molar-refractivity contribution in [2.45, 2.75) is 18.9 Å². The van der Waals surface area contributed by atoms with E-state index >= 15 is 0 Å². The Hall–Kier alpha value is -1.69. The maximum Gasteiger partial charge on any atom is 0.328 e. The number of esters is 1. The van der Waals surface area contributed by atoms with Crippen molar-refractivity contribution >= 4 is 28.9 Å². The van der Waals surface area contributed by atoms with Crippen LogP contribution in [0.1, 0.15) is 18.5 Å². The van der Waals surface area contributed by atoms with Crippen molar-refractivity contribution < 1.29 is 9.53 Å². The summed E-state index contributed by atoms with van der Waals surface area (Å²) in [5, 5.41) is 0. The van der Waals surface area contributed by atoms with Crippen molar-refractivity contribution in [3.63, 3.8) is 0 Å². The monoisotopic (exact) mass is 265 g/mol. The molecule has 1 atom stereocenters. The lowest BCUT2D eigenvalue weighted by Crippen LogP contribution is -2.37. The van der Waals surface area contributed by atoms with Gasteiger partial charge in [0, 0.05) is 18.4 Å². The second-order valence-electron chi connectivity index (χ2n) is 4.14. The molecule has 1 unspecified atom stereocenters. The van der Waals surface area contributed by atoms with Gasteiger partial charge in [-0.1, -0.05) is 12.2 Å². The summed E-state index contributed by atoms with van der Waals surface area (Å²) < 4.78 is 4.82. The van der Waals surface area contributed by atoms with Crippen LogP contribution in [0.2, 0.25) is 0 Å². The Morgan fingerprint density at radius 3 is 3.11 bits per heavy atom. The Balaban J connectivity index is 2.27. The van der Waals surface area contributed by atoms with Gasteiger partial charge in [0.2, 0.25) is 0 Å². The molecule has 1 aromatic rings. The van der Waals surface area contributed by atoms with Crippen molar-refractivity contribution in [2.24, 2.45) is 5.73 Å². The summed E-state index contributed by atoms with van der Waals surface area (Å²) >= 11 is 4.91. The van der Waals surface area contributed by atoms with Crippen LogP contribution in [0.3, 0.4) is 0 Å². The van der Waals surface area contributed by atoms with Crippen LogP contribution in [0.4, 0.5) is 5.69 Å². The fraction of sp³-hybridized carbons (Fsp3) is 0.417. The number of hydrogen-bond donors (Lipinski definition) is 1. The number of thiocarbonyl (C=S) groups is 1. The van der Waals surface area contributed by atoms with Gasteiger partial charge in [-0.05, 0) is 25.0 Å². The molecule has 5 nitrogen and oxygen atoms in total. The third kappa shape index (κ3) is 2.43. The molecule has 18 heavy (non-hydrogen) atoms. The van der Waals surface area contributed by atoms with Crippen molar-refractivity contribution in [3.8, 4) is 0 Å². The lowest BCUT2D eigenvalue weighted by molar-refractivity contribution is -0.141. The minimum Gasteiger partial charge on any atom is -0.467 e. The molecule has 96 valence electrons. The van der Waals surface area contributed by atoms with E-state index in [1.165, 1.54) is 7.11 Å². The number of nitrogens with two attached hydrogens (primary N) is 1. The van der Waals surface area contributed by atoms with Gasteiger partial charge in [-0.3, -0.25) is 4.98 Å². The maximum atomic E-state index is 11.7. The first kappa shape index (κ1) is 12.8. The molecule has 6 heteroatoms. The number of hydrogen-bond acceptors (Lipinski definition) is 5. The normalized spacial score (nSPS) is 18.7. The lowest BCUT2D eigenvalue weighted by Gasteiger charge is -2.24. The maximum absolute atomic E-state index is 11.7. The molecule has 0 amide bonds. The number of nitrogens with zero attached hydrogens (tertiary/aromatic N) is 2. The molecular formula is C12H15N3O2S. The summed E-state index contributed by atoms with van der Waals surface area (Å²) in [4.78, 5) is 18.0. The summed E-state index contributed by atoms with van der Waals surface area (Å²) in [6.07, 6.45) is 3.42. The van der Waals surface area contributed by atoms with Gasteiger partial charge in [0.25, 0.3) is 0 Å². The van der Waals surface area contributed by atoms with Gasteiger partial charge >= 0.3 is 5.97 Å². The molecule has 0 spiro atoms. The molecule has 0 bridgehead atoms. The number of methoxy groups -OCH3 is 1. The summed E-state index contributed by atoms with van der Waals surface area (Å²) in [5.74, 6) is -0.207. The van der Waals surface area contributed by atoms with Gasteiger partial charge in [-0.15, -0.1) is 0 Å². The van der Waals surface area contributed by atoms with E-state index in [2.05, 4.69) is 4.98 Å². The number of rotatable bonds is 3. The molecule has 2 N–H and O–H groups in total. The third-order valence-electron chi connectivity index (χ3n) is 3.05. The minimum absolute atomic E-state index is 0.207. The highest BCUT2D eigenvalue weighted by Gasteiger charge is 2.31.